The summed E-state index contributed by atoms with van der Waals surface area (Å²) < 4.78 is 5.49. The molecular formula is C70H137NO5. The summed E-state index contributed by atoms with van der Waals surface area (Å²) in [4.78, 5) is 24.6. The van der Waals surface area contributed by atoms with Crippen molar-refractivity contribution in [3.63, 3.8) is 0 Å². The molecule has 0 saturated heterocycles. The van der Waals surface area contributed by atoms with Crippen molar-refractivity contribution in [2.45, 2.75) is 411 Å². The number of aliphatic hydroxyl groups excluding tert-OH is 2. The molecule has 0 aromatic rings. The summed E-state index contributed by atoms with van der Waals surface area (Å²) in [6, 6.07) is -0.542. The third-order valence-electron chi connectivity index (χ3n) is 16.6. The van der Waals surface area contributed by atoms with Gasteiger partial charge in [0.1, 0.15) is 0 Å². The minimum absolute atomic E-state index is 0.0176. The molecule has 0 aromatic carbocycles. The zero-order valence-electron chi connectivity index (χ0n) is 51.8. The number of esters is 1. The number of unbranched alkanes of at least 4 members (excludes halogenated alkanes) is 53. The summed E-state index contributed by atoms with van der Waals surface area (Å²) >= 11 is 0. The van der Waals surface area contributed by atoms with Crippen molar-refractivity contribution < 1.29 is 24.5 Å². The molecule has 0 aliphatic carbocycles. The lowest BCUT2D eigenvalue weighted by Crippen LogP contribution is -2.45. The molecule has 2 atom stereocenters. The highest BCUT2D eigenvalue weighted by molar-refractivity contribution is 5.76. The Morgan fingerprint density at radius 1 is 0.355 bits per heavy atom. The van der Waals surface area contributed by atoms with Crippen LogP contribution in [-0.4, -0.2) is 47.4 Å². The van der Waals surface area contributed by atoms with Crippen LogP contribution >= 0.6 is 0 Å². The second kappa shape index (κ2) is 66.1. The first-order valence-electron chi connectivity index (χ1n) is 34.9. The fraction of sp³-hybridized carbons (Fsp3) is 0.943. The Bertz CT molecular complexity index is 1140. The Morgan fingerprint density at radius 2 is 0.618 bits per heavy atom. The number of allylic oxidation sites excluding steroid dienone is 2. The summed E-state index contributed by atoms with van der Waals surface area (Å²) in [6.07, 6.45) is 81.1. The zero-order chi connectivity index (χ0) is 55.0. The lowest BCUT2D eigenvalue weighted by Gasteiger charge is -2.22. The van der Waals surface area contributed by atoms with E-state index < -0.39 is 12.1 Å². The number of hydrogen-bond acceptors (Lipinski definition) is 5. The van der Waals surface area contributed by atoms with Crippen LogP contribution in [0, 0.1) is 0 Å². The van der Waals surface area contributed by atoms with Crippen LogP contribution in [0.2, 0.25) is 0 Å². The maximum Gasteiger partial charge on any atom is 0.305 e. The van der Waals surface area contributed by atoms with E-state index in [0.29, 0.717) is 25.9 Å². The second-order valence-corrected chi connectivity index (χ2v) is 24.2. The molecule has 6 nitrogen and oxygen atoms in total. The average molecular weight is 1070 g/mol. The van der Waals surface area contributed by atoms with Crippen molar-refractivity contribution in [1.29, 1.82) is 0 Å². The number of ether oxygens (including phenoxy) is 1. The van der Waals surface area contributed by atoms with Crippen LogP contribution in [-0.2, 0) is 14.3 Å². The van der Waals surface area contributed by atoms with Crippen molar-refractivity contribution in [2.75, 3.05) is 13.2 Å². The summed E-state index contributed by atoms with van der Waals surface area (Å²) in [5, 5.41) is 23.4. The average Bonchev–Trinajstić information content (AvgIpc) is 3.42. The molecule has 0 aromatic heterocycles. The summed E-state index contributed by atoms with van der Waals surface area (Å²) in [6.45, 7) is 4.99. The summed E-state index contributed by atoms with van der Waals surface area (Å²) in [7, 11) is 0. The number of aliphatic hydroxyl groups is 2. The van der Waals surface area contributed by atoms with Gasteiger partial charge >= 0.3 is 5.97 Å². The SMILES string of the molecule is CCCCCCCCCCCCCCCCCCCCCC(O)C(CO)NC(=O)CCCCCCCCCCCCC/C=C\CCCCCCCCCCCCCCOC(=O)CCCCCCCCCCCCCCC. The van der Waals surface area contributed by atoms with Crippen molar-refractivity contribution in [1.82, 2.24) is 5.32 Å². The third-order valence-corrected chi connectivity index (χ3v) is 16.6. The Kier molecular flexibility index (Phi) is 64.9. The molecule has 0 saturated carbocycles. The van der Waals surface area contributed by atoms with Gasteiger partial charge in [-0.2, -0.15) is 0 Å². The number of rotatable bonds is 66. The van der Waals surface area contributed by atoms with Gasteiger partial charge in [0.2, 0.25) is 5.91 Å². The van der Waals surface area contributed by atoms with Gasteiger partial charge in [-0.15, -0.1) is 0 Å². The number of carbonyl (C=O) groups is 2. The number of nitrogens with one attached hydrogen (secondary N) is 1. The van der Waals surface area contributed by atoms with Gasteiger partial charge in [-0.1, -0.05) is 347 Å². The quantitative estimate of drug-likeness (QED) is 0.0320. The molecular weight excluding hydrogens is 935 g/mol. The normalized spacial score (nSPS) is 12.5. The third kappa shape index (κ3) is 61.8. The Labute approximate surface area is 476 Å². The van der Waals surface area contributed by atoms with Crippen LogP contribution in [0.15, 0.2) is 12.2 Å². The van der Waals surface area contributed by atoms with E-state index in [1.165, 1.54) is 327 Å². The molecule has 3 N–H and O–H groups in total. The van der Waals surface area contributed by atoms with Gasteiger partial charge in [0.25, 0.3) is 0 Å². The predicted molar refractivity (Wildman–Crippen MR) is 333 cm³/mol. The molecule has 76 heavy (non-hydrogen) atoms. The smallest absolute Gasteiger partial charge is 0.305 e. The van der Waals surface area contributed by atoms with E-state index >= 15 is 0 Å². The molecule has 0 aliphatic heterocycles. The van der Waals surface area contributed by atoms with Crippen molar-refractivity contribution in [3.05, 3.63) is 12.2 Å². The molecule has 1 amide bonds. The van der Waals surface area contributed by atoms with E-state index in [4.69, 9.17) is 4.74 Å². The van der Waals surface area contributed by atoms with E-state index in [1.807, 2.05) is 0 Å². The lowest BCUT2D eigenvalue weighted by atomic mass is 10.0. The van der Waals surface area contributed by atoms with E-state index in [1.54, 1.807) is 0 Å². The molecule has 0 aliphatic rings. The molecule has 0 rings (SSSR count). The highest BCUT2D eigenvalue weighted by atomic mass is 16.5. The monoisotopic (exact) mass is 1070 g/mol. The molecule has 0 radical (unpaired) electrons. The van der Waals surface area contributed by atoms with Gasteiger partial charge in [0, 0.05) is 12.8 Å². The van der Waals surface area contributed by atoms with Crippen LogP contribution in [0.4, 0.5) is 0 Å². The predicted octanol–water partition coefficient (Wildman–Crippen LogP) is 22.4. The highest BCUT2D eigenvalue weighted by Gasteiger charge is 2.20. The van der Waals surface area contributed by atoms with Crippen LogP contribution < -0.4 is 5.32 Å². The molecule has 0 fully saturated rings. The van der Waals surface area contributed by atoms with E-state index in [2.05, 4.69) is 31.3 Å². The zero-order valence-corrected chi connectivity index (χ0v) is 51.8. The Hall–Kier alpha value is -1.40. The first-order chi connectivity index (χ1) is 37.5. The van der Waals surface area contributed by atoms with Gasteiger partial charge in [-0.05, 0) is 51.4 Å². The second-order valence-electron chi connectivity index (χ2n) is 24.2. The minimum Gasteiger partial charge on any atom is -0.466 e. The van der Waals surface area contributed by atoms with Gasteiger partial charge in [0.05, 0.1) is 25.4 Å². The highest BCUT2D eigenvalue weighted by Crippen LogP contribution is 2.19. The molecule has 2 unspecified atom stereocenters. The fourth-order valence-corrected chi connectivity index (χ4v) is 11.2. The Morgan fingerprint density at radius 3 is 0.934 bits per heavy atom. The van der Waals surface area contributed by atoms with Crippen LogP contribution in [0.3, 0.4) is 0 Å². The molecule has 452 valence electrons. The topological polar surface area (TPSA) is 95.9 Å². The van der Waals surface area contributed by atoms with Gasteiger partial charge in [-0.3, -0.25) is 9.59 Å². The minimum atomic E-state index is -0.665. The van der Waals surface area contributed by atoms with Crippen molar-refractivity contribution in [2.24, 2.45) is 0 Å². The van der Waals surface area contributed by atoms with Crippen LogP contribution in [0.25, 0.3) is 0 Å². The molecule has 6 heteroatoms. The summed E-state index contributed by atoms with van der Waals surface area (Å²) in [5.74, 6) is -0.0138. The fourth-order valence-electron chi connectivity index (χ4n) is 11.2. The van der Waals surface area contributed by atoms with E-state index in [9.17, 15) is 19.8 Å². The molecule has 0 spiro atoms. The van der Waals surface area contributed by atoms with Crippen LogP contribution in [0.1, 0.15) is 399 Å². The van der Waals surface area contributed by atoms with E-state index in [0.717, 1.165) is 38.5 Å². The maximum absolute atomic E-state index is 12.5. The number of carbonyl (C=O) groups excluding carboxylic acids is 2. The van der Waals surface area contributed by atoms with Crippen molar-refractivity contribution >= 4 is 11.9 Å². The largest absolute Gasteiger partial charge is 0.466 e. The van der Waals surface area contributed by atoms with Crippen molar-refractivity contribution in [3.8, 4) is 0 Å². The molecule has 0 bridgehead atoms. The number of amides is 1. The molecule has 0 heterocycles. The number of hydrogen-bond donors (Lipinski definition) is 3. The van der Waals surface area contributed by atoms with E-state index in [-0.39, 0.29) is 18.5 Å². The maximum atomic E-state index is 12.5. The first-order valence-corrected chi connectivity index (χ1v) is 34.9. The summed E-state index contributed by atoms with van der Waals surface area (Å²) in [5.41, 5.74) is 0. The first kappa shape index (κ1) is 74.6. The van der Waals surface area contributed by atoms with Crippen LogP contribution in [0.5, 0.6) is 0 Å². The van der Waals surface area contributed by atoms with Gasteiger partial charge < -0.3 is 20.3 Å². The Balaban J connectivity index is 3.38. The van der Waals surface area contributed by atoms with Gasteiger partial charge in [0.15, 0.2) is 0 Å². The lowest BCUT2D eigenvalue weighted by molar-refractivity contribution is -0.143. The van der Waals surface area contributed by atoms with Gasteiger partial charge in [-0.25, -0.2) is 0 Å². The standard InChI is InChI=1S/C70H137NO5/c1-3-5-7-9-11-13-15-17-18-19-29-32-35-39-42-46-50-54-58-62-68(73)67(66-72)71-69(74)63-59-55-51-47-43-40-36-33-30-27-25-23-21-20-22-24-26-28-31-34-37-41-45-49-53-57-61-65-76-70(75)64-60-56-52-48-44-38-16-14-12-10-8-6-4-2/h20-21,67-68,72-73H,3-19,22-66H2,1-2H3,(H,71,74)/b21-20-.